The Morgan fingerprint density at radius 3 is 1.22 bits per heavy atom. The van der Waals surface area contributed by atoms with E-state index in [0.29, 0.717) is 28.8 Å². The Morgan fingerprint density at radius 1 is 0.281 bits per heavy atom. The van der Waals surface area contributed by atoms with Crippen molar-refractivity contribution in [3.63, 3.8) is 0 Å². The maximum atomic E-state index is 6.76. The van der Waals surface area contributed by atoms with Crippen molar-refractivity contribution in [3.8, 4) is 68.3 Å². The van der Waals surface area contributed by atoms with E-state index in [1.54, 1.807) is 18.5 Å². The van der Waals surface area contributed by atoms with Crippen LogP contribution in [0.1, 0.15) is 0 Å². The summed E-state index contributed by atoms with van der Waals surface area (Å²) in [5, 5.41) is 4.44. The summed E-state index contributed by atoms with van der Waals surface area (Å²) < 4.78 is 17.9. The summed E-state index contributed by atoms with van der Waals surface area (Å²) in [6.45, 7) is 0. The Kier molecular flexibility index (Phi) is 8.97. The number of aromatic nitrogens is 6. The van der Waals surface area contributed by atoms with Gasteiger partial charge in [0, 0.05) is 70.1 Å². The molecule has 12 rings (SSSR count). The molecule has 0 N–H and O–H groups in total. The molecule has 64 heavy (non-hydrogen) atoms. The SMILES string of the molecule is c1ccc(-c2ccc3c(c2)c2ccc(Oc4cc(Oc5ccc6c7cc(-c8ccccc8)ccc7n(-c7ccccn7)c6c5)cc(-c5ncccn5)c4)cc2n3-c2ccccn2)cc1. The first-order chi connectivity index (χ1) is 31.7. The lowest BCUT2D eigenvalue weighted by Crippen LogP contribution is -1.97. The number of hydrogen-bond donors (Lipinski definition) is 0. The highest BCUT2D eigenvalue weighted by Gasteiger charge is 2.18. The highest BCUT2D eigenvalue weighted by atomic mass is 16.5. The number of nitrogens with zero attached hydrogens (tertiary/aromatic N) is 6. The molecule has 0 atom stereocenters. The average Bonchev–Trinajstić information content (AvgIpc) is 3.86. The van der Waals surface area contributed by atoms with Gasteiger partial charge in [0.15, 0.2) is 5.82 Å². The van der Waals surface area contributed by atoms with Crippen LogP contribution in [0, 0.1) is 0 Å². The molecule has 0 unspecified atom stereocenters. The second-order valence-electron chi connectivity index (χ2n) is 15.6. The Bertz CT molecular complexity index is 3430. The average molecular weight is 825 g/mol. The molecule has 8 nitrogen and oxygen atoms in total. The third kappa shape index (κ3) is 6.67. The van der Waals surface area contributed by atoms with Gasteiger partial charge < -0.3 is 9.47 Å². The first-order valence-corrected chi connectivity index (χ1v) is 21.1. The van der Waals surface area contributed by atoms with Gasteiger partial charge in [-0.05, 0) is 113 Å². The third-order valence-corrected chi connectivity index (χ3v) is 11.6. The van der Waals surface area contributed by atoms with Crippen LogP contribution in [0.2, 0.25) is 0 Å². The van der Waals surface area contributed by atoms with Crippen LogP contribution in [0.3, 0.4) is 0 Å². The van der Waals surface area contributed by atoms with Gasteiger partial charge in [-0.25, -0.2) is 19.9 Å². The van der Waals surface area contributed by atoms with Gasteiger partial charge in [0.05, 0.1) is 22.1 Å². The second kappa shape index (κ2) is 15.5. The molecular formula is C56H36N6O2. The number of hydrogen-bond acceptors (Lipinski definition) is 6. The fourth-order valence-corrected chi connectivity index (χ4v) is 8.75. The van der Waals surface area contributed by atoms with Gasteiger partial charge in [0.2, 0.25) is 0 Å². The molecule has 0 fully saturated rings. The van der Waals surface area contributed by atoms with Crippen molar-refractivity contribution in [3.05, 3.63) is 219 Å². The number of pyridine rings is 2. The quantitative estimate of drug-likeness (QED) is 0.144. The molecule has 5 aromatic heterocycles. The van der Waals surface area contributed by atoms with E-state index in [1.807, 2.05) is 91.3 Å². The summed E-state index contributed by atoms with van der Waals surface area (Å²) in [6, 6.07) is 66.1. The zero-order chi connectivity index (χ0) is 42.4. The smallest absolute Gasteiger partial charge is 0.159 e. The molecule has 0 amide bonds. The number of fused-ring (bicyclic) bond motifs is 6. The standard InChI is InChI=1S/C56H36N6O2/c1-3-12-37(13-4-1)39-18-24-50-48(32-39)46-22-20-42(35-52(46)61(50)54-16-7-9-26-57-54)63-44-30-41(56-59-28-11-29-60-56)31-45(34-44)64-43-21-23-47-49-33-40(38-14-5-2-6-15-38)19-25-51(49)62(53(47)36-43)55-17-8-10-27-58-55/h1-36H. The maximum Gasteiger partial charge on any atom is 0.159 e. The summed E-state index contributed by atoms with van der Waals surface area (Å²) in [4.78, 5) is 18.7. The van der Waals surface area contributed by atoms with Crippen LogP contribution in [0.5, 0.6) is 23.0 Å². The van der Waals surface area contributed by atoms with Gasteiger partial charge in [-0.3, -0.25) is 9.13 Å². The van der Waals surface area contributed by atoms with E-state index >= 15 is 0 Å². The number of ether oxygens (including phenoxy) is 2. The topological polar surface area (TPSA) is 79.9 Å². The van der Waals surface area contributed by atoms with E-state index in [0.717, 1.165) is 83.1 Å². The van der Waals surface area contributed by atoms with E-state index in [2.05, 4.69) is 128 Å². The van der Waals surface area contributed by atoms with Gasteiger partial charge >= 0.3 is 0 Å². The van der Waals surface area contributed by atoms with Crippen LogP contribution >= 0.6 is 0 Å². The summed E-state index contributed by atoms with van der Waals surface area (Å²) in [5.74, 6) is 4.65. The zero-order valence-electron chi connectivity index (χ0n) is 34.3. The van der Waals surface area contributed by atoms with Gasteiger partial charge in [0.1, 0.15) is 34.6 Å². The maximum absolute atomic E-state index is 6.76. The lowest BCUT2D eigenvalue weighted by molar-refractivity contribution is 0.461. The van der Waals surface area contributed by atoms with Crippen molar-refractivity contribution in [2.75, 3.05) is 0 Å². The van der Waals surface area contributed by atoms with Crippen molar-refractivity contribution in [1.82, 2.24) is 29.1 Å². The van der Waals surface area contributed by atoms with Gasteiger partial charge in [-0.15, -0.1) is 0 Å². The van der Waals surface area contributed by atoms with E-state index in [9.17, 15) is 0 Å². The lowest BCUT2D eigenvalue weighted by Gasteiger charge is -2.13. The minimum Gasteiger partial charge on any atom is -0.457 e. The molecule has 8 heteroatoms. The van der Waals surface area contributed by atoms with Crippen molar-refractivity contribution in [2.45, 2.75) is 0 Å². The first-order valence-electron chi connectivity index (χ1n) is 21.1. The highest BCUT2D eigenvalue weighted by molar-refractivity contribution is 6.12. The molecule has 0 saturated heterocycles. The molecule has 5 heterocycles. The Morgan fingerprint density at radius 2 is 0.750 bits per heavy atom. The summed E-state index contributed by atoms with van der Waals surface area (Å²) in [7, 11) is 0. The Labute approximate surface area is 368 Å². The molecule has 0 radical (unpaired) electrons. The molecule has 0 spiro atoms. The summed E-state index contributed by atoms with van der Waals surface area (Å²) in [5.41, 5.74) is 9.44. The lowest BCUT2D eigenvalue weighted by atomic mass is 10.0. The number of benzene rings is 7. The molecular weight excluding hydrogens is 789 g/mol. The number of rotatable bonds is 9. The fraction of sp³-hybridized carbons (Fsp3) is 0. The van der Waals surface area contributed by atoms with Gasteiger partial charge in [-0.2, -0.15) is 0 Å². The molecule has 0 aliphatic rings. The Balaban J connectivity index is 0.955. The van der Waals surface area contributed by atoms with Crippen LogP contribution in [0.25, 0.3) is 88.9 Å². The molecule has 0 bridgehead atoms. The van der Waals surface area contributed by atoms with Crippen LogP contribution in [-0.4, -0.2) is 29.1 Å². The van der Waals surface area contributed by atoms with Crippen LogP contribution in [0.15, 0.2) is 219 Å². The Hall–Kier alpha value is -8.88. The molecule has 0 saturated carbocycles. The van der Waals surface area contributed by atoms with Crippen LogP contribution in [0.4, 0.5) is 0 Å². The zero-order valence-corrected chi connectivity index (χ0v) is 34.3. The second-order valence-corrected chi connectivity index (χ2v) is 15.6. The normalized spacial score (nSPS) is 11.4. The molecule has 12 aromatic rings. The van der Waals surface area contributed by atoms with E-state index in [-0.39, 0.29) is 0 Å². The molecule has 0 aliphatic heterocycles. The molecule has 302 valence electrons. The minimum absolute atomic E-state index is 0.553. The minimum atomic E-state index is 0.553. The van der Waals surface area contributed by atoms with Crippen molar-refractivity contribution in [2.24, 2.45) is 0 Å². The van der Waals surface area contributed by atoms with E-state index in [1.165, 1.54) is 0 Å². The molecule has 7 aromatic carbocycles. The molecule has 0 aliphatic carbocycles. The predicted molar refractivity (Wildman–Crippen MR) is 256 cm³/mol. The summed E-state index contributed by atoms with van der Waals surface area (Å²) in [6.07, 6.45) is 7.11. The highest BCUT2D eigenvalue weighted by Crippen LogP contribution is 2.41. The third-order valence-electron chi connectivity index (χ3n) is 11.6. The van der Waals surface area contributed by atoms with E-state index < -0.39 is 0 Å². The van der Waals surface area contributed by atoms with Gasteiger partial charge in [0.25, 0.3) is 0 Å². The van der Waals surface area contributed by atoms with Gasteiger partial charge in [-0.1, -0.05) is 84.9 Å². The van der Waals surface area contributed by atoms with Crippen LogP contribution < -0.4 is 9.47 Å². The first kappa shape index (κ1) is 36.9. The van der Waals surface area contributed by atoms with Crippen molar-refractivity contribution >= 4 is 43.6 Å². The van der Waals surface area contributed by atoms with E-state index in [4.69, 9.17) is 19.4 Å². The van der Waals surface area contributed by atoms with Crippen molar-refractivity contribution < 1.29 is 9.47 Å². The van der Waals surface area contributed by atoms with Crippen molar-refractivity contribution in [1.29, 1.82) is 0 Å². The monoisotopic (exact) mass is 824 g/mol. The predicted octanol–water partition coefficient (Wildman–Crippen LogP) is 14.0. The summed E-state index contributed by atoms with van der Waals surface area (Å²) >= 11 is 0. The van der Waals surface area contributed by atoms with Crippen LogP contribution in [-0.2, 0) is 0 Å². The fourth-order valence-electron chi connectivity index (χ4n) is 8.75. The largest absolute Gasteiger partial charge is 0.457 e.